The highest BCUT2D eigenvalue weighted by molar-refractivity contribution is 6.13. The van der Waals surface area contributed by atoms with Crippen molar-refractivity contribution in [1.82, 2.24) is 9.80 Å². The van der Waals surface area contributed by atoms with Crippen LogP contribution in [-0.2, 0) is 14.4 Å². The molecule has 3 rings (SSSR count). The molecule has 0 unspecified atom stereocenters. The van der Waals surface area contributed by atoms with Gasteiger partial charge in [-0.1, -0.05) is 0 Å². The highest BCUT2D eigenvalue weighted by Crippen LogP contribution is 2.48. The maximum atomic E-state index is 12.8. The molecule has 1 heterocycles. The molecular formula is C18H24N4O3. The summed E-state index contributed by atoms with van der Waals surface area (Å²) in [5.41, 5.74) is 0.813. The molecule has 1 N–H and O–H groups in total. The van der Waals surface area contributed by atoms with Crippen LogP contribution in [0.15, 0.2) is 24.3 Å². The molecule has 1 aliphatic heterocycles. The second-order valence-corrected chi connectivity index (χ2v) is 6.91. The molecule has 134 valence electrons. The van der Waals surface area contributed by atoms with Gasteiger partial charge in [0.25, 0.3) is 0 Å². The van der Waals surface area contributed by atoms with Crippen LogP contribution in [0, 0.1) is 5.41 Å². The number of benzene rings is 1. The number of nitrogens with zero attached hydrogens (tertiary/aromatic N) is 3. The van der Waals surface area contributed by atoms with E-state index in [0.717, 1.165) is 12.1 Å². The smallest absolute Gasteiger partial charge is 0.240 e. The van der Waals surface area contributed by atoms with Crippen molar-refractivity contribution < 1.29 is 14.4 Å². The monoisotopic (exact) mass is 344 g/mol. The number of carbonyl (C=O) groups is 3. The normalized spacial score (nSPS) is 18.5. The molecular weight excluding hydrogens is 320 g/mol. The molecule has 0 atom stereocenters. The average Bonchev–Trinajstić information content (AvgIpc) is 3.43. The highest BCUT2D eigenvalue weighted by atomic mass is 16.2. The Kier molecular flexibility index (Phi) is 4.65. The van der Waals surface area contributed by atoms with Crippen molar-refractivity contribution in [2.45, 2.75) is 12.8 Å². The Morgan fingerprint density at radius 3 is 2.16 bits per heavy atom. The van der Waals surface area contributed by atoms with Gasteiger partial charge in [0.1, 0.15) is 5.41 Å². The minimum atomic E-state index is -0.927. The van der Waals surface area contributed by atoms with E-state index in [0.29, 0.717) is 44.7 Å². The Morgan fingerprint density at radius 1 is 1.08 bits per heavy atom. The third-order valence-corrected chi connectivity index (χ3v) is 4.99. The van der Waals surface area contributed by atoms with Crippen LogP contribution in [0.1, 0.15) is 12.8 Å². The summed E-state index contributed by atoms with van der Waals surface area (Å²) in [6.45, 7) is 2.03. The summed E-state index contributed by atoms with van der Waals surface area (Å²) in [6, 6.07) is 7.54. The van der Waals surface area contributed by atoms with Gasteiger partial charge in [-0.25, -0.2) is 0 Å². The van der Waals surface area contributed by atoms with Crippen molar-refractivity contribution in [2.24, 2.45) is 5.41 Å². The fraction of sp³-hybridized carbons (Fsp3) is 0.500. The minimum absolute atomic E-state index is 0.111. The molecule has 3 amide bonds. The van der Waals surface area contributed by atoms with Crippen molar-refractivity contribution in [3.63, 3.8) is 0 Å². The molecule has 2 aliphatic rings. The summed E-state index contributed by atoms with van der Waals surface area (Å²) in [5, 5.41) is 2.88. The van der Waals surface area contributed by atoms with Gasteiger partial charge in [0, 0.05) is 51.6 Å². The van der Waals surface area contributed by atoms with Crippen LogP contribution in [0.4, 0.5) is 11.4 Å². The van der Waals surface area contributed by atoms with Crippen molar-refractivity contribution >= 4 is 29.6 Å². The Bertz CT molecular complexity index is 659. The fourth-order valence-corrected chi connectivity index (χ4v) is 3.09. The molecule has 2 fully saturated rings. The number of hydrogen-bond donors (Lipinski definition) is 1. The predicted molar refractivity (Wildman–Crippen MR) is 95.3 cm³/mol. The summed E-state index contributed by atoms with van der Waals surface area (Å²) in [7, 11) is 3.91. The SMILES string of the molecule is CN(C)c1ccc(NC(=O)C2(C(=O)N3CCN(C=O)CC3)CC2)cc1. The van der Waals surface area contributed by atoms with Gasteiger partial charge in [-0.15, -0.1) is 0 Å². The second-order valence-electron chi connectivity index (χ2n) is 6.91. The number of hydrogen-bond acceptors (Lipinski definition) is 4. The molecule has 0 bridgehead atoms. The maximum Gasteiger partial charge on any atom is 0.240 e. The van der Waals surface area contributed by atoms with Gasteiger partial charge in [-0.2, -0.15) is 0 Å². The Morgan fingerprint density at radius 2 is 1.68 bits per heavy atom. The van der Waals surface area contributed by atoms with Crippen LogP contribution in [0.25, 0.3) is 0 Å². The lowest BCUT2D eigenvalue weighted by Gasteiger charge is -2.34. The average molecular weight is 344 g/mol. The lowest BCUT2D eigenvalue weighted by molar-refractivity contribution is -0.144. The van der Waals surface area contributed by atoms with Crippen molar-refractivity contribution in [3.8, 4) is 0 Å². The van der Waals surface area contributed by atoms with Gasteiger partial charge in [-0.3, -0.25) is 14.4 Å². The fourth-order valence-electron chi connectivity index (χ4n) is 3.09. The highest BCUT2D eigenvalue weighted by Gasteiger charge is 2.58. The molecule has 0 spiro atoms. The van der Waals surface area contributed by atoms with E-state index in [4.69, 9.17) is 0 Å². The zero-order valence-electron chi connectivity index (χ0n) is 14.7. The zero-order valence-corrected chi connectivity index (χ0v) is 14.7. The van der Waals surface area contributed by atoms with Crippen LogP contribution >= 0.6 is 0 Å². The standard InChI is InChI=1S/C18H24N4O3/c1-20(2)15-5-3-14(4-6-15)19-16(24)18(7-8-18)17(25)22-11-9-21(13-23)10-12-22/h3-6,13H,7-12H2,1-2H3,(H,19,24). The third-order valence-electron chi connectivity index (χ3n) is 4.99. The third kappa shape index (κ3) is 3.45. The number of anilines is 2. The lowest BCUT2D eigenvalue weighted by Crippen LogP contribution is -2.52. The molecule has 0 radical (unpaired) electrons. The largest absolute Gasteiger partial charge is 0.378 e. The molecule has 7 nitrogen and oxygen atoms in total. The summed E-state index contributed by atoms with van der Waals surface area (Å²) in [5.74, 6) is -0.339. The van der Waals surface area contributed by atoms with E-state index >= 15 is 0 Å². The van der Waals surface area contributed by atoms with Gasteiger partial charge in [0.2, 0.25) is 18.2 Å². The van der Waals surface area contributed by atoms with E-state index in [1.54, 1.807) is 9.80 Å². The number of nitrogens with one attached hydrogen (secondary N) is 1. The molecule has 1 saturated heterocycles. The van der Waals surface area contributed by atoms with Crippen LogP contribution in [0.5, 0.6) is 0 Å². The van der Waals surface area contributed by atoms with E-state index < -0.39 is 5.41 Å². The second kappa shape index (κ2) is 6.74. The van der Waals surface area contributed by atoms with Crippen molar-refractivity contribution in [1.29, 1.82) is 0 Å². The van der Waals surface area contributed by atoms with E-state index in [-0.39, 0.29) is 11.8 Å². The van der Waals surface area contributed by atoms with Crippen molar-refractivity contribution in [3.05, 3.63) is 24.3 Å². The van der Waals surface area contributed by atoms with E-state index in [1.807, 2.05) is 43.3 Å². The van der Waals surface area contributed by atoms with Crippen LogP contribution in [0.2, 0.25) is 0 Å². The summed E-state index contributed by atoms with van der Waals surface area (Å²) < 4.78 is 0. The molecule has 7 heteroatoms. The van der Waals surface area contributed by atoms with Gasteiger partial charge >= 0.3 is 0 Å². The Hall–Kier alpha value is -2.57. The molecule has 1 saturated carbocycles. The summed E-state index contributed by atoms with van der Waals surface area (Å²) in [6.07, 6.45) is 1.97. The van der Waals surface area contributed by atoms with E-state index in [9.17, 15) is 14.4 Å². The first-order valence-corrected chi connectivity index (χ1v) is 8.54. The van der Waals surface area contributed by atoms with E-state index in [1.165, 1.54) is 0 Å². The van der Waals surface area contributed by atoms with Crippen molar-refractivity contribution in [2.75, 3.05) is 50.5 Å². The van der Waals surface area contributed by atoms with Gasteiger partial charge < -0.3 is 20.0 Å². The maximum absolute atomic E-state index is 12.8. The predicted octanol–water partition coefficient (Wildman–Crippen LogP) is 0.772. The van der Waals surface area contributed by atoms with Crippen LogP contribution in [0.3, 0.4) is 0 Å². The summed E-state index contributed by atoms with van der Waals surface area (Å²) in [4.78, 5) is 41.6. The molecule has 25 heavy (non-hydrogen) atoms. The number of piperazine rings is 1. The topological polar surface area (TPSA) is 73.0 Å². The molecule has 1 aromatic rings. The number of amides is 3. The quantitative estimate of drug-likeness (QED) is 0.633. The zero-order chi connectivity index (χ0) is 18.0. The van der Waals surface area contributed by atoms with Crippen LogP contribution in [-0.4, -0.2) is 68.3 Å². The number of carbonyl (C=O) groups excluding carboxylic acids is 3. The molecule has 1 aromatic carbocycles. The first-order chi connectivity index (χ1) is 12.0. The van der Waals surface area contributed by atoms with Gasteiger partial charge in [-0.05, 0) is 37.1 Å². The lowest BCUT2D eigenvalue weighted by atomic mass is 10.0. The molecule has 0 aromatic heterocycles. The Labute approximate surface area is 147 Å². The van der Waals surface area contributed by atoms with Gasteiger partial charge in [0.15, 0.2) is 0 Å². The van der Waals surface area contributed by atoms with Gasteiger partial charge in [0.05, 0.1) is 0 Å². The number of rotatable bonds is 5. The molecule has 1 aliphatic carbocycles. The minimum Gasteiger partial charge on any atom is -0.378 e. The van der Waals surface area contributed by atoms with Crippen LogP contribution < -0.4 is 10.2 Å². The first-order valence-electron chi connectivity index (χ1n) is 8.54. The summed E-state index contributed by atoms with van der Waals surface area (Å²) >= 11 is 0. The first kappa shape index (κ1) is 17.3. The van der Waals surface area contributed by atoms with E-state index in [2.05, 4.69) is 5.32 Å². The Balaban J connectivity index is 1.63.